The monoisotopic (exact) mass is 554 g/mol. The first-order valence-electron chi connectivity index (χ1n) is 13.6. The lowest BCUT2D eigenvalue weighted by molar-refractivity contribution is -0.00544. The minimum absolute atomic E-state index is 0.158. The van der Waals surface area contributed by atoms with Crippen molar-refractivity contribution in [1.29, 1.82) is 0 Å². The number of aliphatic hydroxyl groups excluding tert-OH is 2. The Morgan fingerprint density at radius 2 is 0.919 bits per heavy atom. The quantitative estimate of drug-likeness (QED) is 0.163. The molecule has 0 heterocycles. The number of aliphatic hydroxyl groups is 2. The van der Waals surface area contributed by atoms with E-state index in [4.69, 9.17) is 37.4 Å². The van der Waals surface area contributed by atoms with E-state index in [0.717, 1.165) is 75.7 Å². The number of ether oxygens (including phenoxy) is 3. The van der Waals surface area contributed by atoms with Crippen LogP contribution in [0.3, 0.4) is 0 Å². The lowest BCUT2D eigenvalue weighted by atomic mass is 10.0. The molecule has 37 heavy (non-hydrogen) atoms. The molecule has 0 aliphatic carbocycles. The van der Waals surface area contributed by atoms with E-state index in [0.29, 0.717) is 23.3 Å². The van der Waals surface area contributed by atoms with Crippen LogP contribution in [0.5, 0.6) is 11.5 Å². The van der Waals surface area contributed by atoms with Crippen LogP contribution in [0.1, 0.15) is 78.1 Å². The number of halogens is 2. The first kappa shape index (κ1) is 31.7. The maximum absolute atomic E-state index is 10.2. The summed E-state index contributed by atoms with van der Waals surface area (Å²) < 4.78 is 17.5. The Bertz CT molecular complexity index is 761. The number of hydrogen-bond acceptors (Lipinski definition) is 5. The fourth-order valence-corrected chi connectivity index (χ4v) is 4.43. The molecule has 7 heteroatoms. The average molecular weight is 556 g/mol. The summed E-state index contributed by atoms with van der Waals surface area (Å²) >= 11 is 11.7. The minimum atomic E-state index is -0.309. The van der Waals surface area contributed by atoms with Crippen LogP contribution >= 0.6 is 23.2 Å². The number of rotatable bonds is 20. The van der Waals surface area contributed by atoms with Gasteiger partial charge in [0, 0.05) is 10.0 Å². The second-order valence-electron chi connectivity index (χ2n) is 9.82. The number of hydrogen-bond donors (Lipinski definition) is 2. The van der Waals surface area contributed by atoms with Gasteiger partial charge in [0.2, 0.25) is 0 Å². The molecule has 2 aromatic rings. The molecule has 2 rings (SSSR count). The third-order valence-electron chi connectivity index (χ3n) is 6.29. The van der Waals surface area contributed by atoms with Crippen LogP contribution in [0.2, 0.25) is 10.0 Å². The Hall–Kier alpha value is -1.50. The molecule has 5 nitrogen and oxygen atoms in total. The molecule has 0 spiro atoms. The van der Waals surface area contributed by atoms with Crippen molar-refractivity contribution in [2.24, 2.45) is 0 Å². The van der Waals surface area contributed by atoms with Crippen molar-refractivity contribution in [2.75, 3.05) is 13.2 Å². The largest absolute Gasteiger partial charge is 0.494 e. The van der Waals surface area contributed by atoms with Crippen molar-refractivity contribution in [3.05, 3.63) is 58.6 Å². The molecule has 0 saturated heterocycles. The lowest BCUT2D eigenvalue weighted by Gasteiger charge is -2.20. The van der Waals surface area contributed by atoms with Gasteiger partial charge in [-0.2, -0.15) is 0 Å². The van der Waals surface area contributed by atoms with Crippen LogP contribution in [0, 0.1) is 0 Å². The Morgan fingerprint density at radius 1 is 0.568 bits per heavy atom. The van der Waals surface area contributed by atoms with Crippen molar-refractivity contribution in [3.63, 3.8) is 0 Å². The van der Waals surface area contributed by atoms with Crippen LogP contribution in [-0.2, 0) is 4.74 Å². The average Bonchev–Trinajstić information content (AvgIpc) is 2.86. The third-order valence-corrected chi connectivity index (χ3v) is 6.79. The summed E-state index contributed by atoms with van der Waals surface area (Å²) in [5, 5.41) is 21.9. The Morgan fingerprint density at radius 3 is 1.30 bits per heavy atom. The highest BCUT2D eigenvalue weighted by molar-refractivity contribution is 6.30. The van der Waals surface area contributed by atoms with Crippen molar-refractivity contribution in [2.45, 2.75) is 102 Å². The first-order chi connectivity index (χ1) is 17.8. The van der Waals surface area contributed by atoms with Gasteiger partial charge in [-0.15, -0.1) is 0 Å². The zero-order valence-corrected chi connectivity index (χ0v) is 23.8. The molecule has 2 N–H and O–H groups in total. The molecule has 0 saturated carbocycles. The zero-order valence-electron chi connectivity index (χ0n) is 22.3. The predicted octanol–water partition coefficient (Wildman–Crippen LogP) is 7.87. The molecule has 4 atom stereocenters. The molecule has 0 radical (unpaired) electrons. The summed E-state index contributed by atoms with van der Waals surface area (Å²) in [5.41, 5.74) is 0. The topological polar surface area (TPSA) is 68.2 Å². The summed E-state index contributed by atoms with van der Waals surface area (Å²) in [5.74, 6) is 1.60. The van der Waals surface area contributed by atoms with Crippen molar-refractivity contribution in [3.8, 4) is 11.5 Å². The lowest BCUT2D eigenvalue weighted by Crippen LogP contribution is -2.18. The summed E-state index contributed by atoms with van der Waals surface area (Å²) in [6, 6.07) is 14.6. The van der Waals surface area contributed by atoms with Gasteiger partial charge in [0.15, 0.2) is 0 Å². The van der Waals surface area contributed by atoms with Crippen LogP contribution in [0.25, 0.3) is 0 Å². The minimum Gasteiger partial charge on any atom is -0.494 e. The second kappa shape index (κ2) is 18.7. The molecule has 2 aromatic carbocycles. The van der Waals surface area contributed by atoms with Gasteiger partial charge in [-0.1, -0.05) is 23.2 Å². The predicted molar refractivity (Wildman–Crippen MR) is 152 cm³/mol. The molecule has 0 aromatic heterocycles. The Labute approximate surface area is 233 Å². The molecular formula is C30H44Cl2O5. The SMILES string of the molecule is CC(CCCC(O)CCCOc1ccc(Cl)cc1)OC(C)CCCC(O)CCCOc1ccc(Cl)cc1. The van der Waals surface area contributed by atoms with Crippen LogP contribution in [0.4, 0.5) is 0 Å². The maximum atomic E-state index is 10.2. The van der Waals surface area contributed by atoms with Crippen LogP contribution in [-0.4, -0.2) is 47.8 Å². The molecule has 0 amide bonds. The van der Waals surface area contributed by atoms with E-state index in [1.165, 1.54) is 0 Å². The zero-order chi connectivity index (χ0) is 26.9. The van der Waals surface area contributed by atoms with E-state index in [1.54, 1.807) is 0 Å². The summed E-state index contributed by atoms with van der Waals surface area (Å²) in [7, 11) is 0. The van der Waals surface area contributed by atoms with Crippen molar-refractivity contribution in [1.82, 2.24) is 0 Å². The normalized spacial score (nSPS) is 14.6. The van der Waals surface area contributed by atoms with E-state index in [2.05, 4.69) is 13.8 Å². The molecule has 208 valence electrons. The molecular weight excluding hydrogens is 511 g/mol. The van der Waals surface area contributed by atoms with E-state index in [9.17, 15) is 10.2 Å². The van der Waals surface area contributed by atoms with Gasteiger partial charge < -0.3 is 24.4 Å². The van der Waals surface area contributed by atoms with Gasteiger partial charge in [0.1, 0.15) is 11.5 Å². The van der Waals surface area contributed by atoms with Gasteiger partial charge in [0.05, 0.1) is 37.6 Å². The molecule has 0 fully saturated rings. The maximum Gasteiger partial charge on any atom is 0.119 e. The Kier molecular flexibility index (Phi) is 16.0. The highest BCUT2D eigenvalue weighted by Crippen LogP contribution is 2.19. The van der Waals surface area contributed by atoms with E-state index in [-0.39, 0.29) is 24.4 Å². The van der Waals surface area contributed by atoms with Gasteiger partial charge >= 0.3 is 0 Å². The van der Waals surface area contributed by atoms with E-state index in [1.807, 2.05) is 48.5 Å². The highest BCUT2D eigenvalue weighted by Gasteiger charge is 2.12. The second-order valence-corrected chi connectivity index (χ2v) is 10.7. The van der Waals surface area contributed by atoms with Crippen molar-refractivity contribution < 1.29 is 24.4 Å². The molecule has 0 bridgehead atoms. The summed E-state index contributed by atoms with van der Waals surface area (Å²) in [6.45, 7) is 5.36. The third kappa shape index (κ3) is 15.5. The first-order valence-corrected chi connectivity index (χ1v) is 14.4. The number of benzene rings is 2. The Balaban J connectivity index is 1.42. The molecule has 0 aliphatic heterocycles. The molecule has 0 aliphatic rings. The van der Waals surface area contributed by atoms with Crippen LogP contribution in [0.15, 0.2) is 48.5 Å². The van der Waals surface area contributed by atoms with Gasteiger partial charge in [-0.05, 0) is 127 Å². The smallest absolute Gasteiger partial charge is 0.119 e. The standard InChI is InChI=1S/C30H44Cl2O5/c1-23(7-3-9-27(33)11-5-21-35-29-17-13-25(31)14-18-29)37-24(2)8-4-10-28(34)12-6-22-36-30-19-15-26(32)16-20-30/h13-20,23-24,27-28,33-34H,3-12,21-22H2,1-2H3. The van der Waals surface area contributed by atoms with E-state index < -0.39 is 0 Å². The van der Waals surface area contributed by atoms with E-state index >= 15 is 0 Å². The fraction of sp³-hybridized carbons (Fsp3) is 0.600. The highest BCUT2D eigenvalue weighted by atomic mass is 35.5. The molecule has 4 unspecified atom stereocenters. The van der Waals surface area contributed by atoms with Gasteiger partial charge in [-0.3, -0.25) is 0 Å². The summed E-state index contributed by atoms with van der Waals surface area (Å²) in [4.78, 5) is 0. The fourth-order valence-electron chi connectivity index (χ4n) is 4.18. The van der Waals surface area contributed by atoms with Crippen molar-refractivity contribution >= 4 is 23.2 Å². The summed E-state index contributed by atoms with van der Waals surface area (Å²) in [6.07, 6.45) is 8.06. The van der Waals surface area contributed by atoms with Gasteiger partial charge in [0.25, 0.3) is 0 Å². The van der Waals surface area contributed by atoms with Crippen LogP contribution < -0.4 is 9.47 Å². The van der Waals surface area contributed by atoms with Gasteiger partial charge in [-0.25, -0.2) is 0 Å².